The SMILES string of the molecule is CCOC(=O)CC(=Nc1ccc(C(F)(F)F)cc1)C(=O)OCC. The fourth-order valence-corrected chi connectivity index (χ4v) is 1.60. The molecule has 8 heteroatoms. The molecule has 23 heavy (non-hydrogen) atoms. The molecule has 0 spiro atoms. The number of carbonyl (C=O) groups is 2. The van der Waals surface area contributed by atoms with Gasteiger partial charge < -0.3 is 9.47 Å². The Morgan fingerprint density at radius 1 is 1.04 bits per heavy atom. The van der Waals surface area contributed by atoms with Crippen LogP contribution in [0.5, 0.6) is 0 Å². The number of halogens is 3. The van der Waals surface area contributed by atoms with Crippen LogP contribution in [-0.2, 0) is 25.2 Å². The summed E-state index contributed by atoms with van der Waals surface area (Å²) in [5.41, 5.74) is -0.963. The van der Waals surface area contributed by atoms with Gasteiger partial charge in [-0.25, -0.2) is 9.79 Å². The minimum absolute atomic E-state index is 0.0771. The van der Waals surface area contributed by atoms with Gasteiger partial charge in [0.2, 0.25) is 0 Å². The highest BCUT2D eigenvalue weighted by molar-refractivity contribution is 6.39. The van der Waals surface area contributed by atoms with E-state index in [4.69, 9.17) is 9.47 Å². The molecular formula is C15H16F3NO4. The van der Waals surface area contributed by atoms with E-state index >= 15 is 0 Å². The van der Waals surface area contributed by atoms with E-state index in [1.807, 2.05) is 0 Å². The van der Waals surface area contributed by atoms with Gasteiger partial charge in [-0.2, -0.15) is 13.2 Å². The topological polar surface area (TPSA) is 65.0 Å². The lowest BCUT2D eigenvalue weighted by Gasteiger charge is -2.08. The van der Waals surface area contributed by atoms with Gasteiger partial charge in [-0.3, -0.25) is 4.79 Å². The number of ether oxygens (including phenoxy) is 2. The van der Waals surface area contributed by atoms with Crippen molar-refractivity contribution in [1.82, 2.24) is 0 Å². The van der Waals surface area contributed by atoms with E-state index in [2.05, 4.69) is 4.99 Å². The smallest absolute Gasteiger partial charge is 0.416 e. The molecule has 1 aromatic carbocycles. The minimum atomic E-state index is -4.46. The Bertz CT molecular complexity index is 579. The van der Waals surface area contributed by atoms with Crippen LogP contribution in [0.15, 0.2) is 29.3 Å². The van der Waals surface area contributed by atoms with Gasteiger partial charge in [0.15, 0.2) is 0 Å². The molecule has 0 N–H and O–H groups in total. The van der Waals surface area contributed by atoms with E-state index in [0.29, 0.717) is 0 Å². The molecule has 0 atom stereocenters. The van der Waals surface area contributed by atoms with Crippen LogP contribution in [0.2, 0.25) is 0 Å². The number of rotatable bonds is 6. The first-order chi connectivity index (χ1) is 10.8. The maximum atomic E-state index is 12.5. The molecular weight excluding hydrogens is 315 g/mol. The predicted octanol–water partition coefficient (Wildman–Crippen LogP) is 3.29. The molecule has 1 rings (SSSR count). The Morgan fingerprint density at radius 2 is 1.61 bits per heavy atom. The Balaban J connectivity index is 3.02. The molecule has 1 aromatic rings. The molecule has 0 unspecified atom stereocenters. The lowest BCUT2D eigenvalue weighted by atomic mass is 10.2. The highest BCUT2D eigenvalue weighted by atomic mass is 19.4. The predicted molar refractivity (Wildman–Crippen MR) is 76.4 cm³/mol. The molecule has 0 amide bonds. The molecule has 0 bridgehead atoms. The summed E-state index contributed by atoms with van der Waals surface area (Å²) >= 11 is 0. The van der Waals surface area contributed by atoms with Crippen molar-refractivity contribution in [3.63, 3.8) is 0 Å². The van der Waals surface area contributed by atoms with E-state index in [1.54, 1.807) is 13.8 Å². The molecule has 0 radical (unpaired) electrons. The van der Waals surface area contributed by atoms with E-state index in [1.165, 1.54) is 0 Å². The zero-order valence-corrected chi connectivity index (χ0v) is 12.6. The molecule has 5 nitrogen and oxygen atoms in total. The number of aliphatic imine (C=N–C) groups is 1. The average molecular weight is 331 g/mol. The Morgan fingerprint density at radius 3 is 2.09 bits per heavy atom. The van der Waals surface area contributed by atoms with Crippen LogP contribution >= 0.6 is 0 Å². The van der Waals surface area contributed by atoms with Crippen molar-refractivity contribution in [1.29, 1.82) is 0 Å². The molecule has 0 heterocycles. The van der Waals surface area contributed by atoms with Crippen LogP contribution in [0.4, 0.5) is 18.9 Å². The molecule has 0 aromatic heterocycles. The van der Waals surface area contributed by atoms with Gasteiger partial charge in [-0.05, 0) is 38.1 Å². The summed E-state index contributed by atoms with van der Waals surface area (Å²) < 4.78 is 47.0. The van der Waals surface area contributed by atoms with Crippen LogP contribution in [0.1, 0.15) is 25.8 Å². The Labute approximate surface area is 131 Å². The zero-order valence-electron chi connectivity index (χ0n) is 12.6. The van der Waals surface area contributed by atoms with Crippen molar-refractivity contribution >= 4 is 23.3 Å². The number of carbonyl (C=O) groups excluding carboxylic acids is 2. The van der Waals surface area contributed by atoms with Gasteiger partial charge >= 0.3 is 18.1 Å². The normalized spacial score (nSPS) is 12.0. The van der Waals surface area contributed by atoms with Gasteiger partial charge in [0.25, 0.3) is 0 Å². The molecule has 126 valence electrons. The van der Waals surface area contributed by atoms with E-state index in [-0.39, 0.29) is 24.6 Å². The second-order valence-electron chi connectivity index (χ2n) is 4.31. The van der Waals surface area contributed by atoms with Crippen molar-refractivity contribution in [2.45, 2.75) is 26.4 Å². The summed E-state index contributed by atoms with van der Waals surface area (Å²) in [5.74, 6) is -1.49. The fourth-order valence-electron chi connectivity index (χ4n) is 1.60. The van der Waals surface area contributed by atoms with Crippen LogP contribution < -0.4 is 0 Å². The van der Waals surface area contributed by atoms with E-state index < -0.39 is 30.1 Å². The second-order valence-corrected chi connectivity index (χ2v) is 4.31. The standard InChI is InChI=1S/C15H16F3NO4/c1-3-22-13(20)9-12(14(21)23-4-2)19-11-7-5-10(6-8-11)15(16,17)18/h5-8H,3-4,9H2,1-2H3. The quantitative estimate of drug-likeness (QED) is 0.593. The van der Waals surface area contributed by atoms with Gasteiger partial charge in [-0.1, -0.05) is 0 Å². The molecule has 0 aliphatic carbocycles. The number of esters is 2. The molecule has 0 aliphatic heterocycles. The monoisotopic (exact) mass is 331 g/mol. The molecule has 0 saturated carbocycles. The number of hydrogen-bond donors (Lipinski definition) is 0. The lowest BCUT2D eigenvalue weighted by molar-refractivity contribution is -0.143. The zero-order chi connectivity index (χ0) is 17.5. The van der Waals surface area contributed by atoms with Crippen molar-refractivity contribution in [3.05, 3.63) is 29.8 Å². The first-order valence-corrected chi connectivity index (χ1v) is 6.85. The van der Waals surface area contributed by atoms with Crippen LogP contribution in [-0.4, -0.2) is 30.9 Å². The summed E-state index contributed by atoms with van der Waals surface area (Å²) in [5, 5.41) is 0. The van der Waals surface area contributed by atoms with Gasteiger partial charge in [0, 0.05) is 0 Å². The van der Waals surface area contributed by atoms with Gasteiger partial charge in [-0.15, -0.1) is 0 Å². The number of nitrogens with zero attached hydrogens (tertiary/aromatic N) is 1. The molecule has 0 aliphatic rings. The van der Waals surface area contributed by atoms with E-state index in [9.17, 15) is 22.8 Å². The average Bonchev–Trinajstić information content (AvgIpc) is 2.46. The summed E-state index contributed by atoms with van der Waals surface area (Å²) in [6.45, 7) is 3.40. The number of benzene rings is 1. The highest BCUT2D eigenvalue weighted by Crippen LogP contribution is 2.30. The Kier molecular flexibility index (Phi) is 6.74. The Hall–Kier alpha value is -2.38. The third-order valence-corrected chi connectivity index (χ3v) is 2.59. The maximum Gasteiger partial charge on any atom is 0.416 e. The largest absolute Gasteiger partial charge is 0.466 e. The minimum Gasteiger partial charge on any atom is -0.466 e. The second kappa shape index (κ2) is 8.30. The number of alkyl halides is 3. The van der Waals surface area contributed by atoms with E-state index in [0.717, 1.165) is 24.3 Å². The first kappa shape index (κ1) is 18.7. The van der Waals surface area contributed by atoms with Crippen LogP contribution in [0.3, 0.4) is 0 Å². The van der Waals surface area contributed by atoms with Crippen molar-refractivity contribution in [2.24, 2.45) is 4.99 Å². The molecule has 0 saturated heterocycles. The van der Waals surface area contributed by atoms with Crippen LogP contribution in [0.25, 0.3) is 0 Å². The summed E-state index contributed by atoms with van der Waals surface area (Å²) in [4.78, 5) is 27.1. The molecule has 0 fully saturated rings. The summed E-state index contributed by atoms with van der Waals surface area (Å²) in [6.07, 6.45) is -4.88. The lowest BCUT2D eigenvalue weighted by Crippen LogP contribution is -2.22. The number of hydrogen-bond acceptors (Lipinski definition) is 5. The third kappa shape index (κ3) is 6.09. The highest BCUT2D eigenvalue weighted by Gasteiger charge is 2.30. The van der Waals surface area contributed by atoms with Crippen molar-refractivity contribution in [2.75, 3.05) is 13.2 Å². The summed E-state index contributed by atoms with van der Waals surface area (Å²) in [7, 11) is 0. The summed E-state index contributed by atoms with van der Waals surface area (Å²) in [6, 6.07) is 3.89. The van der Waals surface area contributed by atoms with Gasteiger partial charge in [0.05, 0.1) is 30.9 Å². The van der Waals surface area contributed by atoms with Crippen molar-refractivity contribution < 1.29 is 32.2 Å². The van der Waals surface area contributed by atoms with Crippen LogP contribution in [0, 0.1) is 0 Å². The van der Waals surface area contributed by atoms with Gasteiger partial charge in [0.1, 0.15) is 5.71 Å². The first-order valence-electron chi connectivity index (χ1n) is 6.85. The third-order valence-electron chi connectivity index (χ3n) is 2.59. The van der Waals surface area contributed by atoms with Crippen molar-refractivity contribution in [3.8, 4) is 0 Å². The fraction of sp³-hybridized carbons (Fsp3) is 0.400. The maximum absolute atomic E-state index is 12.5.